The number of allylic oxidation sites excluding steroid dienone is 1. The first-order chi connectivity index (χ1) is 28.6. The monoisotopic (exact) mass is 845 g/mol. The second-order valence-corrected chi connectivity index (χ2v) is 19.1. The van der Waals surface area contributed by atoms with Crippen molar-refractivity contribution in [2.75, 3.05) is 20.8 Å². The lowest BCUT2D eigenvalue weighted by atomic mass is 10.0. The van der Waals surface area contributed by atoms with Gasteiger partial charge in [0.15, 0.2) is 11.3 Å². The van der Waals surface area contributed by atoms with Gasteiger partial charge in [0, 0.05) is 35.2 Å². The minimum Gasteiger partial charge on any atom is -0.497 e. The van der Waals surface area contributed by atoms with Crippen LogP contribution in [0.5, 0.6) is 17.2 Å². The molecule has 60 heavy (non-hydrogen) atoms. The predicted octanol–water partition coefficient (Wildman–Crippen LogP) is 5.40. The van der Waals surface area contributed by atoms with E-state index < -0.39 is 74.3 Å². The molecule has 2 aliphatic carbocycles. The van der Waals surface area contributed by atoms with Crippen LogP contribution in [-0.2, 0) is 29.1 Å². The van der Waals surface area contributed by atoms with Crippen LogP contribution in [0.4, 0.5) is 4.79 Å². The Morgan fingerprint density at radius 2 is 1.72 bits per heavy atom. The van der Waals surface area contributed by atoms with Crippen molar-refractivity contribution in [1.29, 1.82) is 0 Å². The molecule has 4 amide bonds. The lowest BCUT2D eigenvalue weighted by Crippen LogP contribution is -2.58. The molecule has 2 aliphatic heterocycles. The number of nitrogens with one attached hydrogen (secondary N) is 3. The first-order valence-electron chi connectivity index (χ1n) is 20.5. The number of aromatic nitrogens is 1. The highest BCUT2D eigenvalue weighted by atomic mass is 32.2. The molecule has 3 fully saturated rings. The molecule has 16 nitrogen and oxygen atoms in total. The molecule has 4 heterocycles. The second kappa shape index (κ2) is 15.8. The maximum absolute atomic E-state index is 14.8. The minimum absolute atomic E-state index is 0.00910. The third-order valence-electron chi connectivity index (χ3n) is 11.6. The fraction of sp³-hybridized carbons (Fsp3) is 0.512. The van der Waals surface area contributed by atoms with Gasteiger partial charge in [-0.2, -0.15) is 0 Å². The highest BCUT2D eigenvalue weighted by Gasteiger charge is 2.62. The number of pyridine rings is 1. The summed E-state index contributed by atoms with van der Waals surface area (Å²) in [6.45, 7) is 5.10. The number of rotatable bonds is 8. The molecular weight excluding hydrogens is 795 g/mol. The number of sulfonamides is 1. The van der Waals surface area contributed by atoms with Gasteiger partial charge in [-0.15, -0.1) is 0 Å². The van der Waals surface area contributed by atoms with E-state index in [0.717, 1.165) is 12.8 Å². The first kappa shape index (κ1) is 41.2. The van der Waals surface area contributed by atoms with Gasteiger partial charge in [-0.3, -0.25) is 19.1 Å². The Balaban J connectivity index is 1.17. The van der Waals surface area contributed by atoms with Gasteiger partial charge in [0.05, 0.1) is 31.5 Å². The van der Waals surface area contributed by atoms with E-state index >= 15 is 0 Å². The van der Waals surface area contributed by atoms with Crippen LogP contribution in [0.25, 0.3) is 33.0 Å². The molecule has 2 saturated carbocycles. The summed E-state index contributed by atoms with van der Waals surface area (Å²) >= 11 is 0. The summed E-state index contributed by atoms with van der Waals surface area (Å²) in [5.41, 5.74) is -0.440. The van der Waals surface area contributed by atoms with E-state index in [4.69, 9.17) is 28.3 Å². The normalized spacial score (nSPS) is 25.6. The van der Waals surface area contributed by atoms with Crippen molar-refractivity contribution in [3.63, 3.8) is 0 Å². The summed E-state index contributed by atoms with van der Waals surface area (Å²) in [4.78, 5) is 62.7. The Morgan fingerprint density at radius 3 is 2.43 bits per heavy atom. The number of benzene rings is 2. The molecule has 5 atom stereocenters. The third-order valence-corrected chi connectivity index (χ3v) is 13.4. The molecule has 320 valence electrons. The SMILES string of the molecule is COc1ccc2c(O[C@H]3C[C@H]4C(=O)N[C@]5(C(=O)NS(=O)(=O)C6CC6)C[C@H]5/C=C\CCCCC[C@@H](NC(=O)OC(C)(C)C)C(=O)N4C3)c3oc4cc(OC)ccc4c3nc2c1. The lowest BCUT2D eigenvalue weighted by molar-refractivity contribution is -0.141. The zero-order valence-electron chi connectivity index (χ0n) is 34.4. The van der Waals surface area contributed by atoms with E-state index in [2.05, 4.69) is 15.4 Å². The molecule has 0 bridgehead atoms. The Labute approximate surface area is 347 Å². The van der Waals surface area contributed by atoms with Crippen LogP contribution in [-0.4, -0.2) is 97.5 Å². The van der Waals surface area contributed by atoms with E-state index in [1.54, 1.807) is 65.3 Å². The number of alkyl carbamates (subject to hydrolysis) is 1. The number of fused-ring (bicyclic) bond motifs is 6. The van der Waals surface area contributed by atoms with Gasteiger partial charge in [-0.05, 0) is 83.6 Å². The number of nitrogens with zero attached hydrogens (tertiary/aromatic N) is 2. The van der Waals surface area contributed by atoms with Crippen LogP contribution in [0.1, 0.15) is 78.6 Å². The van der Waals surface area contributed by atoms with Crippen LogP contribution in [0.2, 0.25) is 0 Å². The fourth-order valence-corrected chi connectivity index (χ4v) is 9.57. The fourth-order valence-electron chi connectivity index (χ4n) is 8.20. The summed E-state index contributed by atoms with van der Waals surface area (Å²) in [5, 5.41) is 6.32. The number of methoxy groups -OCH3 is 2. The molecule has 17 heteroatoms. The van der Waals surface area contributed by atoms with Crippen LogP contribution in [0, 0.1) is 5.92 Å². The minimum atomic E-state index is -3.93. The number of amides is 4. The summed E-state index contributed by atoms with van der Waals surface area (Å²) in [7, 11) is -0.809. The van der Waals surface area contributed by atoms with Crippen molar-refractivity contribution in [3.8, 4) is 17.2 Å². The van der Waals surface area contributed by atoms with E-state index in [-0.39, 0.29) is 25.8 Å². The molecule has 0 radical (unpaired) electrons. The summed E-state index contributed by atoms with van der Waals surface area (Å²) in [6.07, 6.45) is 6.40. The average molecular weight is 846 g/mol. The van der Waals surface area contributed by atoms with Gasteiger partial charge < -0.3 is 38.9 Å². The topological polar surface area (TPSA) is 205 Å². The van der Waals surface area contributed by atoms with Gasteiger partial charge in [0.2, 0.25) is 21.8 Å². The van der Waals surface area contributed by atoms with Crippen molar-refractivity contribution >= 4 is 66.8 Å². The van der Waals surface area contributed by atoms with E-state index in [9.17, 15) is 27.6 Å². The molecule has 3 N–H and O–H groups in total. The smallest absolute Gasteiger partial charge is 0.408 e. The van der Waals surface area contributed by atoms with Crippen molar-refractivity contribution in [1.82, 2.24) is 25.2 Å². The highest BCUT2D eigenvalue weighted by molar-refractivity contribution is 7.91. The van der Waals surface area contributed by atoms with Crippen LogP contribution < -0.4 is 29.6 Å². The largest absolute Gasteiger partial charge is 0.497 e. The van der Waals surface area contributed by atoms with Gasteiger partial charge in [-0.1, -0.05) is 25.0 Å². The average Bonchev–Trinajstić information content (AvgIpc) is 4.10. The predicted molar refractivity (Wildman–Crippen MR) is 221 cm³/mol. The lowest BCUT2D eigenvalue weighted by Gasteiger charge is -2.30. The molecule has 2 aromatic carbocycles. The Morgan fingerprint density at radius 1 is 0.983 bits per heavy atom. The molecule has 0 spiro atoms. The number of hydrogen-bond donors (Lipinski definition) is 3. The number of carbonyl (C=O) groups is 4. The first-order valence-corrected chi connectivity index (χ1v) is 22.0. The van der Waals surface area contributed by atoms with Crippen LogP contribution in [0.15, 0.2) is 53.0 Å². The standard InChI is InChI=1S/C43H51N5O11S/c1-42(2,3)59-41(52)45-31-12-10-8-6-7-9-11-24-22-43(24,40(51)47-60(53,54)28-15-16-28)46-38(49)33-20-27(23-48(33)39(31)50)57-36-29-17-13-25(55-4)19-32(29)44-35-30-18-14-26(56-5)21-34(30)58-37(35)36/h9,11,13-14,17-19,21,24,27-28,31,33H,6-8,10,12,15-16,20,22-23H2,1-5H3,(H,45,52)(H,46,49)(H,47,51)/b11-9-/t24-,27+,31-,33+,43-/m1/s1. The highest BCUT2D eigenvalue weighted by Crippen LogP contribution is 2.47. The van der Waals surface area contributed by atoms with E-state index in [1.165, 1.54) is 4.90 Å². The maximum atomic E-state index is 14.8. The van der Waals surface area contributed by atoms with Crippen LogP contribution >= 0.6 is 0 Å². The van der Waals surface area contributed by atoms with E-state index in [0.29, 0.717) is 75.9 Å². The summed E-state index contributed by atoms with van der Waals surface area (Å²) in [6, 6.07) is 8.53. The zero-order chi connectivity index (χ0) is 42.6. The Hall–Kier alpha value is -5.58. The van der Waals surface area contributed by atoms with Gasteiger partial charge in [-0.25, -0.2) is 18.2 Å². The summed E-state index contributed by atoms with van der Waals surface area (Å²) < 4.78 is 57.9. The molecule has 4 aliphatic rings. The quantitative estimate of drug-likeness (QED) is 0.191. The zero-order valence-corrected chi connectivity index (χ0v) is 35.2. The molecule has 0 unspecified atom stereocenters. The van der Waals surface area contributed by atoms with Crippen molar-refractivity contribution in [2.24, 2.45) is 5.92 Å². The molecular formula is C43H51N5O11S. The molecule has 4 aromatic rings. The Kier molecular flexibility index (Phi) is 10.8. The van der Waals surface area contributed by atoms with E-state index in [1.807, 2.05) is 18.2 Å². The molecule has 1 saturated heterocycles. The summed E-state index contributed by atoms with van der Waals surface area (Å²) in [5.74, 6) is -0.945. The molecule has 8 rings (SSSR count). The third kappa shape index (κ3) is 8.27. The number of carbonyl (C=O) groups excluding carboxylic acids is 4. The van der Waals surface area contributed by atoms with Gasteiger partial charge in [0.25, 0.3) is 5.91 Å². The van der Waals surface area contributed by atoms with Gasteiger partial charge >= 0.3 is 6.09 Å². The van der Waals surface area contributed by atoms with Gasteiger partial charge in [0.1, 0.15) is 51.9 Å². The number of furan rings is 1. The molecule has 2 aromatic heterocycles. The number of hydrogen-bond acceptors (Lipinski definition) is 12. The second-order valence-electron chi connectivity index (χ2n) is 17.2. The van der Waals surface area contributed by atoms with Crippen molar-refractivity contribution in [3.05, 3.63) is 48.6 Å². The number of ether oxygens (including phenoxy) is 4. The van der Waals surface area contributed by atoms with Crippen LogP contribution in [0.3, 0.4) is 0 Å². The Bertz CT molecular complexity index is 2510. The van der Waals surface area contributed by atoms with Crippen molar-refractivity contribution < 1.29 is 51.0 Å². The van der Waals surface area contributed by atoms with Crippen molar-refractivity contribution in [2.45, 2.75) is 113 Å². The maximum Gasteiger partial charge on any atom is 0.408 e.